The predicted molar refractivity (Wildman–Crippen MR) is 77.4 cm³/mol. The number of nitrogens with one attached hydrogen (secondary N) is 1. The average Bonchev–Trinajstić information content (AvgIpc) is 2.44. The van der Waals surface area contributed by atoms with Crippen LogP contribution in [0.4, 0.5) is 13.2 Å². The standard InChI is InChI=1S/C14H15F3N2O4S/c1-8(2)5-12(13(20)21)19-24(22,23)10-4-3-9(7-18)11(6-10)14(15,16)17/h3-4,6,8,12,19H,5H2,1-2H3,(H,20,21)/t12-/m1/s1. The fourth-order valence-electron chi connectivity index (χ4n) is 1.95. The summed E-state index contributed by atoms with van der Waals surface area (Å²) in [5, 5.41) is 17.7. The average molecular weight is 364 g/mol. The van der Waals surface area contributed by atoms with Crippen LogP contribution in [-0.4, -0.2) is 25.5 Å². The summed E-state index contributed by atoms with van der Waals surface area (Å²) in [7, 11) is -4.50. The van der Waals surface area contributed by atoms with Crippen LogP contribution in [0.5, 0.6) is 0 Å². The van der Waals surface area contributed by atoms with Crippen molar-refractivity contribution in [3.05, 3.63) is 29.3 Å². The zero-order valence-electron chi connectivity index (χ0n) is 12.8. The second kappa shape index (κ2) is 7.19. The molecular weight excluding hydrogens is 349 g/mol. The number of hydrogen-bond donors (Lipinski definition) is 2. The van der Waals surface area contributed by atoms with Crippen LogP contribution in [0.15, 0.2) is 23.1 Å². The molecular formula is C14H15F3N2O4S. The zero-order valence-corrected chi connectivity index (χ0v) is 13.6. The number of alkyl halides is 3. The minimum atomic E-state index is -4.92. The molecule has 0 aliphatic rings. The third-order valence-corrected chi connectivity index (χ3v) is 4.50. The van der Waals surface area contributed by atoms with E-state index in [1.807, 2.05) is 4.72 Å². The van der Waals surface area contributed by atoms with Crippen molar-refractivity contribution in [1.29, 1.82) is 5.26 Å². The number of carboxylic acids is 1. The number of carbonyl (C=O) groups is 1. The van der Waals surface area contributed by atoms with Crippen LogP contribution < -0.4 is 4.72 Å². The number of halogens is 3. The first kappa shape index (κ1) is 19.9. The van der Waals surface area contributed by atoms with Crippen LogP contribution >= 0.6 is 0 Å². The van der Waals surface area contributed by atoms with Crippen LogP contribution in [-0.2, 0) is 21.0 Å². The Labute approximate surface area is 137 Å². The number of rotatable bonds is 6. The first-order chi connectivity index (χ1) is 10.9. The third kappa shape index (κ3) is 4.94. The second-order valence-corrected chi connectivity index (χ2v) is 7.17. The molecule has 2 N–H and O–H groups in total. The smallest absolute Gasteiger partial charge is 0.417 e. The fraction of sp³-hybridized carbons (Fsp3) is 0.429. The second-order valence-electron chi connectivity index (χ2n) is 5.46. The van der Waals surface area contributed by atoms with Crippen molar-refractivity contribution in [1.82, 2.24) is 4.72 Å². The third-order valence-electron chi connectivity index (χ3n) is 3.03. The number of benzene rings is 1. The number of hydrogen-bond acceptors (Lipinski definition) is 4. The monoisotopic (exact) mass is 364 g/mol. The van der Waals surface area contributed by atoms with Crippen LogP contribution in [0, 0.1) is 17.2 Å². The molecule has 0 saturated heterocycles. The summed E-state index contributed by atoms with van der Waals surface area (Å²) in [6.07, 6.45) is -4.95. The predicted octanol–water partition coefficient (Wildman–Crippen LogP) is 2.35. The molecule has 0 aliphatic heterocycles. The van der Waals surface area contributed by atoms with Gasteiger partial charge >= 0.3 is 12.1 Å². The molecule has 24 heavy (non-hydrogen) atoms. The van der Waals surface area contributed by atoms with E-state index in [1.165, 1.54) is 6.07 Å². The molecule has 1 aromatic rings. The van der Waals surface area contributed by atoms with Gasteiger partial charge in [0.15, 0.2) is 0 Å². The van der Waals surface area contributed by atoms with Crippen molar-refractivity contribution in [2.45, 2.75) is 37.4 Å². The van der Waals surface area contributed by atoms with Gasteiger partial charge in [0.05, 0.1) is 22.1 Å². The number of nitriles is 1. The van der Waals surface area contributed by atoms with E-state index in [2.05, 4.69) is 0 Å². The Morgan fingerprint density at radius 3 is 2.38 bits per heavy atom. The summed E-state index contributed by atoms with van der Waals surface area (Å²) in [6, 6.07) is 1.73. The Bertz CT molecular complexity index is 767. The first-order valence-corrected chi connectivity index (χ1v) is 8.23. The number of nitrogens with zero attached hydrogens (tertiary/aromatic N) is 1. The van der Waals surface area contributed by atoms with Crippen molar-refractivity contribution in [3.8, 4) is 6.07 Å². The van der Waals surface area contributed by atoms with Crippen LogP contribution in [0.3, 0.4) is 0 Å². The van der Waals surface area contributed by atoms with Crippen molar-refractivity contribution < 1.29 is 31.5 Å². The van der Waals surface area contributed by atoms with Crippen molar-refractivity contribution in [2.24, 2.45) is 5.92 Å². The van der Waals surface area contributed by atoms with E-state index in [-0.39, 0.29) is 12.3 Å². The van der Waals surface area contributed by atoms with Crippen LogP contribution in [0.25, 0.3) is 0 Å². The Balaban J connectivity index is 3.29. The lowest BCUT2D eigenvalue weighted by atomic mass is 10.1. The minimum Gasteiger partial charge on any atom is -0.480 e. The van der Waals surface area contributed by atoms with Gasteiger partial charge in [-0.05, 0) is 30.5 Å². The Morgan fingerprint density at radius 2 is 1.96 bits per heavy atom. The molecule has 0 heterocycles. The highest BCUT2D eigenvalue weighted by atomic mass is 32.2. The molecule has 1 aromatic carbocycles. The molecule has 6 nitrogen and oxygen atoms in total. The van der Waals surface area contributed by atoms with Gasteiger partial charge in [0.1, 0.15) is 6.04 Å². The largest absolute Gasteiger partial charge is 0.480 e. The highest BCUT2D eigenvalue weighted by Gasteiger charge is 2.35. The molecule has 0 spiro atoms. The maximum absolute atomic E-state index is 12.9. The van der Waals surface area contributed by atoms with Gasteiger partial charge in [-0.2, -0.15) is 23.2 Å². The van der Waals surface area contributed by atoms with Gasteiger partial charge < -0.3 is 5.11 Å². The van der Waals surface area contributed by atoms with E-state index in [4.69, 9.17) is 10.4 Å². The maximum atomic E-state index is 12.9. The topological polar surface area (TPSA) is 107 Å². The van der Waals surface area contributed by atoms with E-state index in [1.54, 1.807) is 13.8 Å². The van der Waals surface area contributed by atoms with E-state index in [9.17, 15) is 26.4 Å². The zero-order chi connectivity index (χ0) is 18.7. The molecule has 1 rings (SSSR count). The molecule has 0 aliphatic carbocycles. The molecule has 0 radical (unpaired) electrons. The van der Waals surface area contributed by atoms with Gasteiger partial charge in [-0.15, -0.1) is 0 Å². The Kier molecular flexibility index (Phi) is 5.97. The molecule has 10 heteroatoms. The normalized spacial score (nSPS) is 13.5. The molecule has 0 aromatic heterocycles. The van der Waals surface area contributed by atoms with Gasteiger partial charge in [0.2, 0.25) is 10.0 Å². The minimum absolute atomic E-state index is 0.0308. The van der Waals surface area contributed by atoms with Gasteiger partial charge in [0, 0.05) is 0 Å². The van der Waals surface area contributed by atoms with Gasteiger partial charge in [-0.25, -0.2) is 8.42 Å². The molecule has 0 unspecified atom stereocenters. The van der Waals surface area contributed by atoms with Gasteiger partial charge in [-0.1, -0.05) is 13.8 Å². The summed E-state index contributed by atoms with van der Waals surface area (Å²) in [5.74, 6) is -1.59. The molecule has 132 valence electrons. The summed E-state index contributed by atoms with van der Waals surface area (Å²) < 4.78 is 65.0. The summed E-state index contributed by atoms with van der Waals surface area (Å²) in [4.78, 5) is 10.4. The van der Waals surface area contributed by atoms with Crippen molar-refractivity contribution in [3.63, 3.8) is 0 Å². The lowest BCUT2D eigenvalue weighted by Crippen LogP contribution is -2.41. The lowest BCUT2D eigenvalue weighted by Gasteiger charge is -2.17. The SMILES string of the molecule is CC(C)C[C@@H](NS(=O)(=O)c1ccc(C#N)c(C(F)(F)F)c1)C(=O)O. The summed E-state index contributed by atoms with van der Waals surface area (Å²) in [6.45, 7) is 3.35. The molecule has 1 atom stereocenters. The van der Waals surface area contributed by atoms with E-state index in [0.29, 0.717) is 6.07 Å². The van der Waals surface area contributed by atoms with E-state index in [0.717, 1.165) is 12.1 Å². The van der Waals surface area contributed by atoms with Crippen molar-refractivity contribution in [2.75, 3.05) is 0 Å². The van der Waals surface area contributed by atoms with E-state index >= 15 is 0 Å². The highest BCUT2D eigenvalue weighted by Crippen LogP contribution is 2.33. The highest BCUT2D eigenvalue weighted by molar-refractivity contribution is 7.89. The fourth-order valence-corrected chi connectivity index (χ4v) is 3.18. The quantitative estimate of drug-likeness (QED) is 0.806. The Morgan fingerprint density at radius 1 is 1.38 bits per heavy atom. The Hall–Kier alpha value is -2.12. The molecule has 0 amide bonds. The van der Waals surface area contributed by atoms with Crippen LogP contribution in [0.1, 0.15) is 31.4 Å². The summed E-state index contributed by atoms with van der Waals surface area (Å²) >= 11 is 0. The number of carboxylic acid groups (broad SMARTS) is 1. The van der Waals surface area contributed by atoms with Crippen LogP contribution in [0.2, 0.25) is 0 Å². The number of aliphatic carboxylic acids is 1. The molecule has 0 fully saturated rings. The van der Waals surface area contributed by atoms with Gasteiger partial charge in [0.25, 0.3) is 0 Å². The molecule has 0 bridgehead atoms. The molecule has 0 saturated carbocycles. The van der Waals surface area contributed by atoms with E-state index < -0.39 is 44.2 Å². The summed E-state index contributed by atoms with van der Waals surface area (Å²) in [5.41, 5.74) is -2.12. The lowest BCUT2D eigenvalue weighted by molar-refractivity contribution is -0.139. The number of sulfonamides is 1. The van der Waals surface area contributed by atoms with Crippen molar-refractivity contribution >= 4 is 16.0 Å². The van der Waals surface area contributed by atoms with Gasteiger partial charge in [-0.3, -0.25) is 4.79 Å². The maximum Gasteiger partial charge on any atom is 0.417 e. The first-order valence-electron chi connectivity index (χ1n) is 6.75.